The molecule has 8 heteroatoms. The highest BCUT2D eigenvalue weighted by Crippen LogP contribution is 2.17. The van der Waals surface area contributed by atoms with Gasteiger partial charge in [-0.2, -0.15) is 0 Å². The number of ether oxygens (including phenoxy) is 1. The Kier molecular flexibility index (Phi) is 5.77. The van der Waals surface area contributed by atoms with Crippen LogP contribution in [0.2, 0.25) is 5.02 Å². The Bertz CT molecular complexity index is 552. The standard InChI is InChI=1S/C13H19ClN2O5/c1-13(2,3)21-12(20)16-6-9(17)10(18)7-4-8(14)11(19)15-5-7/h4-5,9-10,17-18H,6H2,1-3H3,(H,15,19)(H,16,20). The predicted molar refractivity (Wildman–Crippen MR) is 77.3 cm³/mol. The normalized spacial score (nSPS) is 14.4. The lowest BCUT2D eigenvalue weighted by Crippen LogP contribution is -2.39. The largest absolute Gasteiger partial charge is 0.444 e. The van der Waals surface area contributed by atoms with Gasteiger partial charge in [-0.15, -0.1) is 0 Å². The molecule has 0 spiro atoms. The number of carbonyl (C=O) groups is 1. The minimum Gasteiger partial charge on any atom is -0.444 e. The number of aliphatic hydroxyl groups is 2. The Hall–Kier alpha value is -1.57. The highest BCUT2D eigenvalue weighted by atomic mass is 35.5. The predicted octanol–water partition coefficient (Wildman–Crippen LogP) is 0.947. The molecule has 21 heavy (non-hydrogen) atoms. The van der Waals surface area contributed by atoms with E-state index in [0.29, 0.717) is 0 Å². The number of aromatic amines is 1. The number of amides is 1. The summed E-state index contributed by atoms with van der Waals surface area (Å²) in [6.07, 6.45) is -2.04. The summed E-state index contributed by atoms with van der Waals surface area (Å²) in [4.78, 5) is 24.9. The molecule has 4 N–H and O–H groups in total. The minimum absolute atomic E-state index is 0.0983. The SMILES string of the molecule is CC(C)(C)OC(=O)NCC(O)C(O)c1c[nH]c(=O)c(Cl)c1. The summed E-state index contributed by atoms with van der Waals surface area (Å²) in [6.45, 7) is 4.91. The Balaban J connectivity index is 2.58. The summed E-state index contributed by atoms with van der Waals surface area (Å²) >= 11 is 5.64. The molecule has 1 amide bonds. The Morgan fingerprint density at radius 2 is 2.10 bits per heavy atom. The third-order valence-corrected chi connectivity index (χ3v) is 2.72. The lowest BCUT2D eigenvalue weighted by molar-refractivity contribution is 0.0128. The van der Waals surface area contributed by atoms with Gasteiger partial charge < -0.3 is 25.3 Å². The number of alkyl carbamates (subject to hydrolysis) is 1. The van der Waals surface area contributed by atoms with Gasteiger partial charge >= 0.3 is 6.09 Å². The van der Waals surface area contributed by atoms with Gasteiger partial charge in [0.05, 0.1) is 0 Å². The molecule has 0 aromatic carbocycles. The van der Waals surface area contributed by atoms with Gasteiger partial charge in [0.25, 0.3) is 5.56 Å². The average molecular weight is 319 g/mol. The first kappa shape index (κ1) is 17.5. The number of aromatic nitrogens is 1. The molecule has 0 aliphatic heterocycles. The molecule has 7 nitrogen and oxygen atoms in total. The van der Waals surface area contributed by atoms with E-state index in [2.05, 4.69) is 10.3 Å². The molecular formula is C13H19ClN2O5. The zero-order valence-corrected chi connectivity index (χ0v) is 12.8. The van der Waals surface area contributed by atoms with Gasteiger partial charge in [-0.3, -0.25) is 4.79 Å². The minimum atomic E-state index is -1.31. The Morgan fingerprint density at radius 1 is 1.48 bits per heavy atom. The van der Waals surface area contributed by atoms with E-state index in [0.717, 1.165) is 0 Å². The van der Waals surface area contributed by atoms with Crippen molar-refractivity contribution in [2.75, 3.05) is 6.54 Å². The van der Waals surface area contributed by atoms with Gasteiger partial charge in [-0.05, 0) is 26.8 Å². The van der Waals surface area contributed by atoms with Gasteiger partial charge in [-0.1, -0.05) is 11.6 Å². The second kappa shape index (κ2) is 6.93. The molecule has 118 valence electrons. The monoisotopic (exact) mass is 318 g/mol. The maximum Gasteiger partial charge on any atom is 0.407 e. The van der Waals surface area contributed by atoms with Crippen LogP contribution in [0.15, 0.2) is 17.1 Å². The topological polar surface area (TPSA) is 112 Å². The van der Waals surface area contributed by atoms with Crippen LogP contribution in [0.5, 0.6) is 0 Å². The lowest BCUT2D eigenvalue weighted by atomic mass is 10.1. The summed E-state index contributed by atoms with van der Waals surface area (Å²) in [7, 11) is 0. The number of carbonyl (C=O) groups excluding carboxylic acids is 1. The molecule has 0 bridgehead atoms. The summed E-state index contributed by atoms with van der Waals surface area (Å²) in [6, 6.07) is 1.25. The average Bonchev–Trinajstić information content (AvgIpc) is 2.36. The van der Waals surface area contributed by atoms with Crippen molar-refractivity contribution in [1.82, 2.24) is 10.3 Å². The molecule has 1 aromatic heterocycles. The number of aliphatic hydroxyl groups excluding tert-OH is 2. The molecule has 0 aliphatic carbocycles. The number of hydrogen-bond acceptors (Lipinski definition) is 5. The van der Waals surface area contributed by atoms with E-state index >= 15 is 0 Å². The van der Waals surface area contributed by atoms with E-state index in [1.54, 1.807) is 20.8 Å². The fourth-order valence-corrected chi connectivity index (χ4v) is 1.66. The zero-order chi connectivity index (χ0) is 16.2. The van der Waals surface area contributed by atoms with Gasteiger partial charge in [0.15, 0.2) is 0 Å². The van der Waals surface area contributed by atoms with Crippen molar-refractivity contribution in [3.63, 3.8) is 0 Å². The number of hydrogen-bond donors (Lipinski definition) is 4. The number of H-pyrrole nitrogens is 1. The fourth-order valence-electron chi connectivity index (χ4n) is 1.48. The van der Waals surface area contributed by atoms with E-state index in [-0.39, 0.29) is 17.1 Å². The van der Waals surface area contributed by atoms with Crippen molar-refractivity contribution >= 4 is 17.7 Å². The molecule has 2 atom stereocenters. The van der Waals surface area contributed by atoms with Crippen LogP contribution in [0.4, 0.5) is 4.79 Å². The number of rotatable bonds is 4. The zero-order valence-electron chi connectivity index (χ0n) is 12.0. The first-order valence-electron chi connectivity index (χ1n) is 6.31. The fraction of sp³-hybridized carbons (Fsp3) is 0.538. The van der Waals surface area contributed by atoms with Crippen LogP contribution < -0.4 is 10.9 Å². The van der Waals surface area contributed by atoms with Gasteiger partial charge in [0.2, 0.25) is 0 Å². The summed E-state index contributed by atoms with van der Waals surface area (Å²) < 4.78 is 5.00. The lowest BCUT2D eigenvalue weighted by Gasteiger charge is -2.22. The maximum atomic E-state index is 11.4. The molecule has 1 heterocycles. The first-order valence-corrected chi connectivity index (χ1v) is 6.69. The second-order valence-electron chi connectivity index (χ2n) is 5.51. The van der Waals surface area contributed by atoms with Crippen molar-refractivity contribution < 1.29 is 19.7 Å². The van der Waals surface area contributed by atoms with Crippen LogP contribution >= 0.6 is 11.6 Å². The van der Waals surface area contributed by atoms with Crippen LogP contribution in [0.25, 0.3) is 0 Å². The van der Waals surface area contributed by atoms with E-state index in [4.69, 9.17) is 16.3 Å². The van der Waals surface area contributed by atoms with Crippen LogP contribution in [0, 0.1) is 0 Å². The molecule has 1 aromatic rings. The van der Waals surface area contributed by atoms with Gasteiger partial charge in [-0.25, -0.2) is 4.79 Å². The van der Waals surface area contributed by atoms with Crippen molar-refractivity contribution in [3.8, 4) is 0 Å². The number of pyridine rings is 1. The number of nitrogens with one attached hydrogen (secondary N) is 2. The molecule has 0 radical (unpaired) electrons. The van der Waals surface area contributed by atoms with Crippen molar-refractivity contribution in [2.45, 2.75) is 38.6 Å². The molecule has 1 rings (SSSR count). The van der Waals surface area contributed by atoms with Gasteiger partial charge in [0, 0.05) is 18.3 Å². The molecule has 0 saturated carbocycles. The third-order valence-electron chi connectivity index (χ3n) is 2.44. The molecule has 2 unspecified atom stereocenters. The highest BCUT2D eigenvalue weighted by molar-refractivity contribution is 6.30. The summed E-state index contributed by atoms with van der Waals surface area (Å²) in [5, 5.41) is 22.0. The Morgan fingerprint density at radius 3 is 2.62 bits per heavy atom. The number of halogens is 1. The van der Waals surface area contributed by atoms with Crippen molar-refractivity contribution in [1.29, 1.82) is 0 Å². The van der Waals surface area contributed by atoms with E-state index < -0.39 is 29.5 Å². The second-order valence-corrected chi connectivity index (χ2v) is 5.91. The first-order chi connectivity index (χ1) is 9.60. The van der Waals surface area contributed by atoms with Crippen molar-refractivity contribution in [2.24, 2.45) is 0 Å². The molecule has 0 saturated heterocycles. The summed E-state index contributed by atoms with van der Waals surface area (Å²) in [5.74, 6) is 0. The van der Waals surface area contributed by atoms with Crippen LogP contribution in [0.3, 0.4) is 0 Å². The highest BCUT2D eigenvalue weighted by Gasteiger charge is 2.22. The van der Waals surface area contributed by atoms with Crippen molar-refractivity contribution in [3.05, 3.63) is 33.2 Å². The van der Waals surface area contributed by atoms with E-state index in [9.17, 15) is 19.8 Å². The molecule has 0 aliphatic rings. The Labute approximate surface area is 126 Å². The quantitative estimate of drug-likeness (QED) is 0.660. The summed E-state index contributed by atoms with van der Waals surface area (Å²) in [5.41, 5.74) is -0.910. The van der Waals surface area contributed by atoms with Gasteiger partial charge in [0.1, 0.15) is 22.8 Å². The maximum absolute atomic E-state index is 11.4. The smallest absolute Gasteiger partial charge is 0.407 e. The van der Waals surface area contributed by atoms with Crippen LogP contribution in [-0.4, -0.2) is 39.5 Å². The van der Waals surface area contributed by atoms with E-state index in [1.807, 2.05) is 0 Å². The third kappa shape index (κ3) is 5.74. The molecular weight excluding hydrogens is 300 g/mol. The van der Waals surface area contributed by atoms with Crippen LogP contribution in [0.1, 0.15) is 32.4 Å². The van der Waals surface area contributed by atoms with Crippen LogP contribution in [-0.2, 0) is 4.74 Å². The molecule has 0 fully saturated rings. The van der Waals surface area contributed by atoms with E-state index in [1.165, 1.54) is 12.3 Å².